The van der Waals surface area contributed by atoms with Gasteiger partial charge < -0.3 is 0 Å². The van der Waals surface area contributed by atoms with E-state index in [0.717, 1.165) is 23.4 Å². The third-order valence-electron chi connectivity index (χ3n) is 4.75. The molecule has 0 aliphatic heterocycles. The SMILES string of the molecule is c1n[nH]c(-c2n[nH]c3c2C[C@@H]2[C@H]3C23CC3)n1. The largest absolute Gasteiger partial charge is 0.281 e. The molecule has 0 aromatic carbocycles. The Hall–Kier alpha value is -1.65. The maximum Gasteiger partial charge on any atom is 0.176 e. The van der Waals surface area contributed by atoms with E-state index in [-0.39, 0.29) is 0 Å². The molecule has 2 N–H and O–H groups in total. The van der Waals surface area contributed by atoms with E-state index in [1.54, 1.807) is 0 Å². The van der Waals surface area contributed by atoms with E-state index in [1.807, 2.05) is 0 Å². The van der Waals surface area contributed by atoms with E-state index in [1.165, 1.54) is 36.8 Å². The van der Waals surface area contributed by atoms with Crippen molar-refractivity contribution in [2.45, 2.75) is 25.2 Å². The summed E-state index contributed by atoms with van der Waals surface area (Å²) in [4.78, 5) is 4.18. The summed E-state index contributed by atoms with van der Waals surface area (Å²) < 4.78 is 0. The minimum Gasteiger partial charge on any atom is -0.281 e. The highest BCUT2D eigenvalue weighted by Gasteiger charge is 2.75. The Labute approximate surface area is 91.7 Å². The predicted molar refractivity (Wildman–Crippen MR) is 55.6 cm³/mol. The van der Waals surface area contributed by atoms with Gasteiger partial charge in [-0.1, -0.05) is 0 Å². The molecule has 1 spiro atoms. The second-order valence-electron chi connectivity index (χ2n) is 5.32. The van der Waals surface area contributed by atoms with Crippen molar-refractivity contribution in [2.24, 2.45) is 11.3 Å². The molecule has 3 aliphatic rings. The number of aromatic nitrogens is 5. The number of hydrogen-bond donors (Lipinski definition) is 2. The van der Waals surface area contributed by atoms with Crippen LogP contribution in [0.3, 0.4) is 0 Å². The van der Waals surface area contributed by atoms with Gasteiger partial charge in [0.05, 0.1) is 0 Å². The first kappa shape index (κ1) is 7.60. The monoisotopic (exact) mass is 213 g/mol. The molecule has 2 aromatic rings. The van der Waals surface area contributed by atoms with Crippen LogP contribution >= 0.6 is 0 Å². The predicted octanol–water partition coefficient (Wildman–Crippen LogP) is 1.24. The van der Waals surface area contributed by atoms with Gasteiger partial charge in [0.1, 0.15) is 12.0 Å². The fraction of sp³-hybridized carbons (Fsp3) is 0.545. The van der Waals surface area contributed by atoms with Gasteiger partial charge in [-0.25, -0.2) is 4.98 Å². The van der Waals surface area contributed by atoms with E-state index in [2.05, 4.69) is 25.4 Å². The molecule has 3 aliphatic carbocycles. The molecule has 0 saturated heterocycles. The van der Waals surface area contributed by atoms with Crippen LogP contribution in [0.2, 0.25) is 0 Å². The lowest BCUT2D eigenvalue weighted by atomic mass is 10.1. The van der Waals surface area contributed by atoms with Crippen molar-refractivity contribution in [3.8, 4) is 11.5 Å². The highest BCUT2D eigenvalue weighted by molar-refractivity contribution is 5.61. The zero-order valence-electron chi connectivity index (χ0n) is 8.70. The van der Waals surface area contributed by atoms with Crippen LogP contribution in [-0.2, 0) is 6.42 Å². The first-order chi connectivity index (χ1) is 7.90. The van der Waals surface area contributed by atoms with Crippen LogP contribution in [0.1, 0.15) is 30.0 Å². The number of hydrogen-bond acceptors (Lipinski definition) is 3. The van der Waals surface area contributed by atoms with Crippen LogP contribution < -0.4 is 0 Å². The summed E-state index contributed by atoms with van der Waals surface area (Å²) in [6.45, 7) is 0. The molecule has 0 bridgehead atoms. The Balaban J connectivity index is 1.66. The van der Waals surface area contributed by atoms with Gasteiger partial charge in [-0.15, -0.1) is 0 Å². The molecule has 2 saturated carbocycles. The Morgan fingerprint density at radius 2 is 2.25 bits per heavy atom. The van der Waals surface area contributed by atoms with Gasteiger partial charge >= 0.3 is 0 Å². The van der Waals surface area contributed by atoms with Crippen molar-refractivity contribution in [3.05, 3.63) is 17.6 Å². The fourth-order valence-electron chi connectivity index (χ4n) is 3.79. The van der Waals surface area contributed by atoms with Crippen LogP contribution in [0.25, 0.3) is 11.5 Å². The minimum absolute atomic E-state index is 0.707. The first-order valence-corrected chi connectivity index (χ1v) is 5.83. The van der Waals surface area contributed by atoms with Gasteiger partial charge in [-0.2, -0.15) is 10.2 Å². The van der Waals surface area contributed by atoms with E-state index in [4.69, 9.17) is 0 Å². The number of nitrogens with one attached hydrogen (secondary N) is 2. The average molecular weight is 213 g/mol. The van der Waals surface area contributed by atoms with Crippen molar-refractivity contribution in [1.82, 2.24) is 25.4 Å². The standard InChI is InChI=1S/C11H11N5/c1-2-11(1)6-3-5-8(7(6)11)14-15-9(5)10-12-4-13-16-10/h4,6-7H,1-3H2,(H,14,15)(H,12,13,16)/t6-,7-/m1/s1. The molecular weight excluding hydrogens is 202 g/mol. The highest BCUT2D eigenvalue weighted by atomic mass is 15.2. The summed E-state index contributed by atoms with van der Waals surface area (Å²) in [5.74, 6) is 2.48. The summed E-state index contributed by atoms with van der Waals surface area (Å²) in [6.07, 6.45) is 5.58. The molecule has 2 aromatic heterocycles. The molecule has 5 rings (SSSR count). The maximum atomic E-state index is 4.39. The number of rotatable bonds is 1. The molecule has 80 valence electrons. The molecule has 0 unspecified atom stereocenters. The van der Waals surface area contributed by atoms with Crippen molar-refractivity contribution in [1.29, 1.82) is 0 Å². The van der Waals surface area contributed by atoms with Crippen molar-refractivity contribution in [3.63, 3.8) is 0 Å². The number of aromatic amines is 2. The molecule has 2 atom stereocenters. The van der Waals surface area contributed by atoms with Gasteiger partial charge in [-0.3, -0.25) is 10.2 Å². The zero-order valence-corrected chi connectivity index (χ0v) is 8.70. The van der Waals surface area contributed by atoms with Gasteiger partial charge in [0.25, 0.3) is 0 Å². The normalized spacial score (nSPS) is 31.5. The molecule has 5 heteroatoms. The summed E-state index contributed by atoms with van der Waals surface area (Å²) in [6, 6.07) is 0. The Kier molecular flexibility index (Phi) is 0.983. The van der Waals surface area contributed by atoms with Crippen molar-refractivity contribution >= 4 is 0 Å². The lowest BCUT2D eigenvalue weighted by molar-refractivity contribution is 0.698. The fourth-order valence-corrected chi connectivity index (χ4v) is 3.79. The minimum atomic E-state index is 0.707. The quantitative estimate of drug-likeness (QED) is 0.748. The second kappa shape index (κ2) is 2.07. The molecule has 2 heterocycles. The third-order valence-corrected chi connectivity index (χ3v) is 4.75. The highest BCUT2D eigenvalue weighted by Crippen LogP contribution is 2.82. The molecule has 0 radical (unpaired) electrons. The first-order valence-electron chi connectivity index (χ1n) is 5.83. The molecule has 5 nitrogen and oxygen atoms in total. The van der Waals surface area contributed by atoms with E-state index in [9.17, 15) is 0 Å². The number of fused-ring (bicyclic) bond motifs is 5. The molecular formula is C11H11N5. The third kappa shape index (κ3) is 0.653. The van der Waals surface area contributed by atoms with Gasteiger partial charge in [0.2, 0.25) is 0 Å². The van der Waals surface area contributed by atoms with Crippen LogP contribution in [0.4, 0.5) is 0 Å². The van der Waals surface area contributed by atoms with Gasteiger partial charge in [-0.05, 0) is 30.6 Å². The smallest absolute Gasteiger partial charge is 0.176 e. The average Bonchev–Trinajstić information content (AvgIpc) is 2.93. The Bertz CT molecular complexity index is 578. The number of nitrogens with zero attached hydrogens (tertiary/aromatic N) is 3. The Morgan fingerprint density at radius 1 is 1.31 bits per heavy atom. The summed E-state index contributed by atoms with van der Waals surface area (Å²) >= 11 is 0. The summed E-state index contributed by atoms with van der Waals surface area (Å²) in [5.41, 5.74) is 4.45. The molecule has 2 fully saturated rings. The van der Waals surface area contributed by atoms with E-state index in [0.29, 0.717) is 5.41 Å². The van der Waals surface area contributed by atoms with E-state index >= 15 is 0 Å². The topological polar surface area (TPSA) is 70.2 Å². The summed E-state index contributed by atoms with van der Waals surface area (Å²) in [5, 5.41) is 14.4. The molecule has 0 amide bonds. The van der Waals surface area contributed by atoms with Gasteiger partial charge in [0, 0.05) is 17.2 Å². The molecule has 16 heavy (non-hydrogen) atoms. The Morgan fingerprint density at radius 3 is 3.00 bits per heavy atom. The van der Waals surface area contributed by atoms with Crippen LogP contribution in [-0.4, -0.2) is 25.4 Å². The second-order valence-corrected chi connectivity index (χ2v) is 5.32. The van der Waals surface area contributed by atoms with Crippen molar-refractivity contribution in [2.75, 3.05) is 0 Å². The lowest BCUT2D eigenvalue weighted by Crippen LogP contribution is -1.93. The summed E-state index contributed by atoms with van der Waals surface area (Å²) in [7, 11) is 0. The van der Waals surface area contributed by atoms with Gasteiger partial charge in [0.15, 0.2) is 5.82 Å². The van der Waals surface area contributed by atoms with E-state index < -0.39 is 0 Å². The van der Waals surface area contributed by atoms with Crippen LogP contribution in [0.15, 0.2) is 6.33 Å². The van der Waals surface area contributed by atoms with Crippen LogP contribution in [0, 0.1) is 11.3 Å². The van der Waals surface area contributed by atoms with Crippen molar-refractivity contribution < 1.29 is 0 Å². The number of H-pyrrole nitrogens is 2. The zero-order chi connectivity index (χ0) is 10.3. The van der Waals surface area contributed by atoms with Crippen LogP contribution in [0.5, 0.6) is 0 Å². The lowest BCUT2D eigenvalue weighted by Gasteiger charge is -1.99. The maximum absolute atomic E-state index is 4.39.